The van der Waals surface area contributed by atoms with E-state index in [2.05, 4.69) is 20.1 Å². The van der Waals surface area contributed by atoms with Crippen LogP contribution in [0.4, 0.5) is 24.9 Å². The third-order valence-corrected chi connectivity index (χ3v) is 2.15. The number of benzene rings is 1. The van der Waals surface area contributed by atoms with E-state index in [4.69, 9.17) is 16.3 Å². The first-order valence-corrected chi connectivity index (χ1v) is 5.50. The molecule has 0 saturated heterocycles. The number of halogens is 3. The van der Waals surface area contributed by atoms with Gasteiger partial charge in [-0.05, 0) is 24.3 Å². The standard InChI is InChI=1S/C11H10F3N5O2/c12-11(13,14)21-7-3-1-6(2-4-7)20-9-5-8(19-16)17-10(15)18-9/h1-5H,16H2,(H3,15,17,18,19). The molecule has 0 amide bonds. The number of alkyl halides is 3. The molecule has 1 aromatic carbocycles. The summed E-state index contributed by atoms with van der Waals surface area (Å²) in [5.74, 6) is 5.31. The lowest BCUT2D eigenvalue weighted by molar-refractivity contribution is -0.274. The van der Waals surface area contributed by atoms with Crippen LogP contribution in [-0.4, -0.2) is 16.3 Å². The van der Waals surface area contributed by atoms with Gasteiger partial charge in [0.05, 0.1) is 0 Å². The summed E-state index contributed by atoms with van der Waals surface area (Å²) in [6.07, 6.45) is -4.74. The van der Waals surface area contributed by atoms with Gasteiger partial charge < -0.3 is 20.6 Å². The maximum Gasteiger partial charge on any atom is 0.573 e. The van der Waals surface area contributed by atoms with E-state index < -0.39 is 6.36 Å². The number of ether oxygens (including phenoxy) is 2. The Labute approximate surface area is 116 Å². The molecule has 21 heavy (non-hydrogen) atoms. The largest absolute Gasteiger partial charge is 0.573 e. The molecule has 7 nitrogen and oxygen atoms in total. The van der Waals surface area contributed by atoms with E-state index in [1.807, 2.05) is 0 Å². The summed E-state index contributed by atoms with van der Waals surface area (Å²) in [6.45, 7) is 0. The van der Waals surface area contributed by atoms with Gasteiger partial charge in [0.25, 0.3) is 0 Å². The Morgan fingerprint density at radius 3 is 2.24 bits per heavy atom. The molecule has 2 rings (SSSR count). The number of aromatic nitrogens is 2. The molecule has 0 fully saturated rings. The van der Waals surface area contributed by atoms with Crippen molar-refractivity contribution in [3.05, 3.63) is 30.3 Å². The third kappa shape index (κ3) is 4.38. The Hall–Kier alpha value is -2.75. The highest BCUT2D eigenvalue weighted by molar-refractivity contribution is 5.43. The molecule has 1 aromatic heterocycles. The average molecular weight is 301 g/mol. The second-order valence-electron chi connectivity index (χ2n) is 3.72. The van der Waals surface area contributed by atoms with Crippen molar-refractivity contribution in [2.45, 2.75) is 6.36 Å². The van der Waals surface area contributed by atoms with Gasteiger partial charge >= 0.3 is 6.36 Å². The van der Waals surface area contributed by atoms with Crippen molar-refractivity contribution in [1.82, 2.24) is 9.97 Å². The lowest BCUT2D eigenvalue weighted by Crippen LogP contribution is -2.16. The van der Waals surface area contributed by atoms with Gasteiger partial charge in [-0.3, -0.25) is 0 Å². The summed E-state index contributed by atoms with van der Waals surface area (Å²) in [6, 6.07) is 6.16. The molecule has 0 bridgehead atoms. The molecular weight excluding hydrogens is 291 g/mol. The van der Waals surface area contributed by atoms with E-state index in [1.54, 1.807) is 0 Å². The topological polar surface area (TPSA) is 108 Å². The van der Waals surface area contributed by atoms with Crippen LogP contribution in [0.3, 0.4) is 0 Å². The number of nitrogen functional groups attached to an aromatic ring is 2. The Morgan fingerprint density at radius 1 is 1.05 bits per heavy atom. The number of nitrogens with two attached hydrogens (primary N) is 2. The van der Waals surface area contributed by atoms with Crippen LogP contribution < -0.4 is 26.5 Å². The molecule has 0 saturated carbocycles. The molecule has 112 valence electrons. The van der Waals surface area contributed by atoms with Gasteiger partial charge in [-0.1, -0.05) is 0 Å². The Kier molecular flexibility index (Phi) is 3.98. The number of hydrazine groups is 1. The van der Waals surface area contributed by atoms with E-state index >= 15 is 0 Å². The second-order valence-corrected chi connectivity index (χ2v) is 3.72. The predicted molar refractivity (Wildman–Crippen MR) is 67.5 cm³/mol. The van der Waals surface area contributed by atoms with Gasteiger partial charge in [-0.15, -0.1) is 13.2 Å². The van der Waals surface area contributed by atoms with Gasteiger partial charge in [0, 0.05) is 6.07 Å². The first-order valence-electron chi connectivity index (χ1n) is 5.50. The molecule has 0 atom stereocenters. The molecule has 0 aliphatic carbocycles. The fourth-order valence-electron chi connectivity index (χ4n) is 1.40. The first-order chi connectivity index (χ1) is 9.85. The van der Waals surface area contributed by atoms with Crippen LogP contribution in [0.25, 0.3) is 0 Å². The summed E-state index contributed by atoms with van der Waals surface area (Å²) in [5.41, 5.74) is 7.71. The van der Waals surface area contributed by atoms with Crippen LogP contribution in [0, 0.1) is 0 Å². The molecule has 0 radical (unpaired) electrons. The smallest absolute Gasteiger partial charge is 0.439 e. The Bertz CT molecular complexity index is 618. The molecule has 5 N–H and O–H groups in total. The number of nitrogens with zero attached hydrogens (tertiary/aromatic N) is 2. The third-order valence-electron chi connectivity index (χ3n) is 2.15. The molecule has 0 unspecified atom stereocenters. The minimum absolute atomic E-state index is 0.0718. The van der Waals surface area contributed by atoms with E-state index in [-0.39, 0.29) is 29.1 Å². The zero-order valence-corrected chi connectivity index (χ0v) is 10.4. The van der Waals surface area contributed by atoms with E-state index in [0.717, 1.165) is 12.1 Å². The average Bonchev–Trinajstić information content (AvgIpc) is 2.38. The van der Waals surface area contributed by atoms with Gasteiger partial charge in [0.1, 0.15) is 17.3 Å². The number of hydrogen-bond donors (Lipinski definition) is 3. The van der Waals surface area contributed by atoms with E-state index in [0.29, 0.717) is 0 Å². The highest BCUT2D eigenvalue weighted by Crippen LogP contribution is 2.27. The minimum atomic E-state index is -4.74. The van der Waals surface area contributed by atoms with Gasteiger partial charge in [-0.25, -0.2) is 5.84 Å². The van der Waals surface area contributed by atoms with Crippen molar-refractivity contribution in [3.63, 3.8) is 0 Å². The zero-order chi connectivity index (χ0) is 15.5. The SMILES string of the molecule is NNc1cc(Oc2ccc(OC(F)(F)F)cc2)nc(N)n1. The quantitative estimate of drug-likeness (QED) is 0.585. The number of anilines is 2. The van der Waals surface area contributed by atoms with E-state index in [9.17, 15) is 13.2 Å². The van der Waals surface area contributed by atoms with Crippen molar-refractivity contribution in [1.29, 1.82) is 0 Å². The van der Waals surface area contributed by atoms with Gasteiger partial charge in [-0.2, -0.15) is 9.97 Å². The van der Waals surface area contributed by atoms with Crippen molar-refractivity contribution in [3.8, 4) is 17.4 Å². The molecule has 0 aliphatic rings. The highest BCUT2D eigenvalue weighted by Gasteiger charge is 2.30. The van der Waals surface area contributed by atoms with Crippen molar-refractivity contribution in [2.24, 2.45) is 5.84 Å². The predicted octanol–water partition coefficient (Wildman–Crippen LogP) is 2.04. The summed E-state index contributed by atoms with van der Waals surface area (Å²) in [5, 5.41) is 0. The normalized spacial score (nSPS) is 11.0. The maximum atomic E-state index is 12.0. The first kappa shape index (κ1) is 14.7. The van der Waals surface area contributed by atoms with Crippen molar-refractivity contribution in [2.75, 3.05) is 11.2 Å². The molecule has 2 aromatic rings. The maximum absolute atomic E-state index is 12.0. The Balaban J connectivity index is 2.11. The Morgan fingerprint density at radius 2 is 1.67 bits per heavy atom. The summed E-state index contributed by atoms with van der Waals surface area (Å²) in [4.78, 5) is 7.55. The number of hydrogen-bond acceptors (Lipinski definition) is 7. The lowest BCUT2D eigenvalue weighted by Gasteiger charge is -2.10. The van der Waals surface area contributed by atoms with Crippen LogP contribution in [0.1, 0.15) is 0 Å². The minimum Gasteiger partial charge on any atom is -0.439 e. The van der Waals surface area contributed by atoms with Gasteiger partial charge in [0.2, 0.25) is 11.8 Å². The van der Waals surface area contributed by atoms with E-state index in [1.165, 1.54) is 18.2 Å². The van der Waals surface area contributed by atoms with Gasteiger partial charge in [0.15, 0.2) is 0 Å². The van der Waals surface area contributed by atoms with Crippen LogP contribution in [0.2, 0.25) is 0 Å². The van der Waals surface area contributed by atoms with Crippen LogP contribution in [0.5, 0.6) is 17.4 Å². The number of nitrogens with one attached hydrogen (secondary N) is 1. The van der Waals surface area contributed by atoms with Crippen molar-refractivity contribution >= 4 is 11.8 Å². The molecule has 10 heteroatoms. The number of rotatable bonds is 4. The van der Waals surface area contributed by atoms with Crippen LogP contribution in [0.15, 0.2) is 30.3 Å². The highest BCUT2D eigenvalue weighted by atomic mass is 19.4. The fraction of sp³-hybridized carbons (Fsp3) is 0.0909. The fourth-order valence-corrected chi connectivity index (χ4v) is 1.40. The second kappa shape index (κ2) is 5.71. The summed E-state index contributed by atoms with van der Waals surface area (Å²) in [7, 11) is 0. The zero-order valence-electron chi connectivity index (χ0n) is 10.4. The lowest BCUT2D eigenvalue weighted by atomic mass is 10.3. The van der Waals surface area contributed by atoms with Crippen LogP contribution in [-0.2, 0) is 0 Å². The van der Waals surface area contributed by atoms with Crippen LogP contribution >= 0.6 is 0 Å². The molecule has 0 spiro atoms. The molecule has 0 aliphatic heterocycles. The monoisotopic (exact) mass is 301 g/mol. The summed E-state index contributed by atoms with van der Waals surface area (Å²) < 4.78 is 45.1. The molecular formula is C11H10F3N5O2. The van der Waals surface area contributed by atoms with Crippen molar-refractivity contribution < 1.29 is 22.6 Å². The summed E-state index contributed by atoms with van der Waals surface area (Å²) >= 11 is 0. The molecule has 1 heterocycles.